The fraction of sp³-hybridized carbons (Fsp3) is 0.516. The summed E-state index contributed by atoms with van der Waals surface area (Å²) in [5, 5.41) is 57.7. The van der Waals surface area contributed by atoms with Crippen LogP contribution in [0.2, 0.25) is 0 Å². The molecule has 0 heterocycles. The van der Waals surface area contributed by atoms with E-state index < -0.39 is 91.6 Å². The molecule has 0 aromatic heterocycles. The van der Waals surface area contributed by atoms with Gasteiger partial charge in [0.25, 0.3) is 5.91 Å². The molecule has 1 aromatic rings. The van der Waals surface area contributed by atoms with Crippen molar-refractivity contribution < 1.29 is 68.7 Å². The third-order valence-corrected chi connectivity index (χ3v) is 7.14. The highest BCUT2D eigenvalue weighted by Crippen LogP contribution is 2.10. The molecule has 12 N–H and O–H groups in total. The number of anilines is 1. The molecule has 1 rings (SSSR count). The molecule has 0 saturated heterocycles. The van der Waals surface area contributed by atoms with Crippen LogP contribution in [-0.2, 0) is 33.6 Å². The molecule has 1 aromatic carbocycles. The highest BCUT2D eigenvalue weighted by Gasteiger charge is 2.25. The SMILES string of the molecule is NCCNC(=O)CN(CCN(CC(=O)O)CC(=O)Nc1ccc(C(=O)NCCCCC(NC(=O)NC(CCC(=O)O)C(=O)O)C(=O)O)cc1)CC(=O)O. The van der Waals surface area contributed by atoms with Gasteiger partial charge < -0.3 is 57.9 Å². The van der Waals surface area contributed by atoms with Crippen molar-refractivity contribution in [2.75, 3.05) is 64.2 Å². The number of nitrogens with one attached hydrogen (secondary N) is 5. The fourth-order valence-corrected chi connectivity index (χ4v) is 4.59. The summed E-state index contributed by atoms with van der Waals surface area (Å²) in [6, 6.07) is 1.70. The van der Waals surface area contributed by atoms with Gasteiger partial charge in [0, 0.05) is 50.4 Å². The van der Waals surface area contributed by atoms with Crippen molar-refractivity contribution in [1.29, 1.82) is 0 Å². The van der Waals surface area contributed by atoms with Crippen LogP contribution in [0.25, 0.3) is 0 Å². The quantitative estimate of drug-likeness (QED) is 0.0412. The van der Waals surface area contributed by atoms with E-state index in [0.717, 1.165) is 0 Å². The van der Waals surface area contributed by atoms with Crippen LogP contribution in [0, 0.1) is 0 Å². The highest BCUT2D eigenvalue weighted by atomic mass is 16.4. The Hall–Kier alpha value is -5.87. The van der Waals surface area contributed by atoms with Gasteiger partial charge >= 0.3 is 35.9 Å². The molecular formula is C31H46N8O14. The summed E-state index contributed by atoms with van der Waals surface area (Å²) in [6.07, 6.45) is -0.436. The lowest BCUT2D eigenvalue weighted by atomic mass is 10.1. The maximum Gasteiger partial charge on any atom is 0.326 e. The first-order valence-corrected chi connectivity index (χ1v) is 16.3. The zero-order valence-corrected chi connectivity index (χ0v) is 28.7. The molecule has 2 atom stereocenters. The largest absolute Gasteiger partial charge is 0.481 e. The monoisotopic (exact) mass is 754 g/mol. The zero-order valence-electron chi connectivity index (χ0n) is 28.7. The van der Waals surface area contributed by atoms with Crippen LogP contribution in [0.5, 0.6) is 0 Å². The van der Waals surface area contributed by atoms with E-state index in [9.17, 15) is 58.5 Å². The van der Waals surface area contributed by atoms with E-state index in [1.807, 2.05) is 5.32 Å². The Labute approximate surface area is 303 Å². The van der Waals surface area contributed by atoms with Crippen molar-refractivity contribution in [3.63, 3.8) is 0 Å². The number of nitrogens with two attached hydrogens (primary N) is 1. The Kier molecular flexibility index (Phi) is 20.7. The molecule has 0 aliphatic carbocycles. The number of urea groups is 1. The first-order valence-electron chi connectivity index (χ1n) is 16.3. The van der Waals surface area contributed by atoms with Gasteiger partial charge in [-0.2, -0.15) is 0 Å². The molecule has 0 aliphatic rings. The molecule has 0 aliphatic heterocycles. The number of carbonyl (C=O) groups excluding carboxylic acids is 4. The number of carbonyl (C=O) groups is 9. The summed E-state index contributed by atoms with van der Waals surface area (Å²) in [7, 11) is 0. The van der Waals surface area contributed by atoms with E-state index in [2.05, 4.69) is 21.3 Å². The number of benzene rings is 1. The van der Waals surface area contributed by atoms with Gasteiger partial charge in [-0.3, -0.25) is 38.6 Å². The van der Waals surface area contributed by atoms with E-state index in [0.29, 0.717) is 12.1 Å². The number of carboxylic acids is 5. The van der Waals surface area contributed by atoms with Gasteiger partial charge in [0.1, 0.15) is 12.1 Å². The first kappa shape index (κ1) is 45.2. The molecule has 2 unspecified atom stereocenters. The van der Waals surface area contributed by atoms with Crippen molar-refractivity contribution in [1.82, 2.24) is 31.1 Å². The van der Waals surface area contributed by atoms with Gasteiger partial charge in [-0.25, -0.2) is 14.4 Å². The van der Waals surface area contributed by atoms with Gasteiger partial charge in [-0.05, 0) is 49.9 Å². The number of nitrogens with zero attached hydrogens (tertiary/aromatic N) is 2. The zero-order chi connectivity index (χ0) is 39.9. The van der Waals surface area contributed by atoms with Crippen LogP contribution in [0.1, 0.15) is 42.5 Å². The molecule has 5 amide bonds. The van der Waals surface area contributed by atoms with Crippen LogP contribution in [-0.4, -0.2) is 160 Å². The van der Waals surface area contributed by atoms with E-state index in [-0.39, 0.29) is 64.2 Å². The Morgan fingerprint density at radius 1 is 0.623 bits per heavy atom. The second-order valence-corrected chi connectivity index (χ2v) is 11.6. The van der Waals surface area contributed by atoms with Gasteiger partial charge in [-0.1, -0.05) is 0 Å². The summed E-state index contributed by atoms with van der Waals surface area (Å²) >= 11 is 0. The lowest BCUT2D eigenvalue weighted by Crippen LogP contribution is -2.51. The lowest BCUT2D eigenvalue weighted by molar-refractivity contribution is -0.141. The topological polar surface area (TPSA) is 347 Å². The first-order chi connectivity index (χ1) is 25.0. The van der Waals surface area contributed by atoms with Gasteiger partial charge in [0.2, 0.25) is 11.8 Å². The average molecular weight is 755 g/mol. The van der Waals surface area contributed by atoms with E-state index in [4.69, 9.17) is 15.9 Å². The molecule has 53 heavy (non-hydrogen) atoms. The van der Waals surface area contributed by atoms with E-state index in [1.54, 1.807) is 0 Å². The van der Waals surface area contributed by atoms with Gasteiger partial charge in [0.05, 0.1) is 26.2 Å². The molecule has 0 radical (unpaired) electrons. The Balaban J connectivity index is 2.60. The third kappa shape index (κ3) is 20.5. The standard InChI is InChI=1S/C31H46N8O14/c32-10-12-33-23(40)15-38(17-26(44)45)13-14-39(18-27(46)47)16-24(41)35-20-6-4-19(5-7-20)28(48)34-11-2-1-3-21(29(49)50)36-31(53)37-22(30(51)52)8-9-25(42)43/h4-7,21-22H,1-3,8-18,32H2,(H,33,40)(H,34,48)(H,35,41)(H,42,43)(H,44,45)(H,46,47)(H,49,50)(H,51,52)(H2,36,37,53). The maximum absolute atomic E-state index is 12.7. The summed E-state index contributed by atoms with van der Waals surface area (Å²) < 4.78 is 0. The third-order valence-electron chi connectivity index (χ3n) is 7.14. The van der Waals surface area contributed by atoms with Crippen LogP contribution in [0.15, 0.2) is 24.3 Å². The predicted octanol–water partition coefficient (Wildman–Crippen LogP) is -2.56. The number of rotatable bonds is 27. The summed E-state index contributed by atoms with van der Waals surface area (Å²) in [4.78, 5) is 108. The molecule has 0 saturated carbocycles. The van der Waals surface area contributed by atoms with Crippen LogP contribution < -0.4 is 32.3 Å². The summed E-state index contributed by atoms with van der Waals surface area (Å²) in [6.45, 7) is -1.27. The number of unbranched alkanes of at least 4 members (excludes halogenated alkanes) is 1. The number of carboxylic acid groups (broad SMARTS) is 5. The average Bonchev–Trinajstić information content (AvgIpc) is 3.06. The van der Waals surface area contributed by atoms with E-state index in [1.165, 1.54) is 34.1 Å². The Morgan fingerprint density at radius 3 is 1.64 bits per heavy atom. The maximum atomic E-state index is 12.7. The van der Waals surface area contributed by atoms with Crippen molar-refractivity contribution >= 4 is 59.3 Å². The van der Waals surface area contributed by atoms with E-state index >= 15 is 0 Å². The molecule has 0 fully saturated rings. The van der Waals surface area contributed by atoms with Crippen LogP contribution in [0.3, 0.4) is 0 Å². The van der Waals surface area contributed by atoms with Crippen molar-refractivity contribution in [2.24, 2.45) is 5.73 Å². The number of aliphatic carboxylic acids is 5. The summed E-state index contributed by atoms with van der Waals surface area (Å²) in [5.41, 5.74) is 5.86. The molecule has 22 heteroatoms. The minimum atomic E-state index is -1.54. The van der Waals surface area contributed by atoms with Crippen molar-refractivity contribution in [2.45, 2.75) is 44.2 Å². The Morgan fingerprint density at radius 2 is 1.15 bits per heavy atom. The normalized spacial score (nSPS) is 11.9. The summed E-state index contributed by atoms with van der Waals surface area (Å²) in [5.74, 6) is -8.12. The lowest BCUT2D eigenvalue weighted by Gasteiger charge is -2.25. The second kappa shape index (κ2) is 24.3. The number of amides is 5. The number of hydrogen-bond donors (Lipinski definition) is 11. The van der Waals surface area contributed by atoms with Crippen LogP contribution in [0.4, 0.5) is 10.5 Å². The van der Waals surface area contributed by atoms with Crippen molar-refractivity contribution in [3.8, 4) is 0 Å². The minimum absolute atomic E-state index is 0.0343. The molecule has 0 bridgehead atoms. The molecule has 294 valence electrons. The van der Waals surface area contributed by atoms with Crippen LogP contribution >= 0.6 is 0 Å². The predicted molar refractivity (Wildman–Crippen MR) is 183 cm³/mol. The molecule has 0 spiro atoms. The van der Waals surface area contributed by atoms with Crippen molar-refractivity contribution in [3.05, 3.63) is 29.8 Å². The van der Waals surface area contributed by atoms with Gasteiger partial charge in [0.15, 0.2) is 0 Å². The highest BCUT2D eigenvalue weighted by molar-refractivity contribution is 5.96. The molecule has 22 nitrogen and oxygen atoms in total. The fourth-order valence-electron chi connectivity index (χ4n) is 4.59. The Bertz CT molecular complexity index is 1440. The smallest absolute Gasteiger partial charge is 0.326 e. The number of hydrogen-bond acceptors (Lipinski definition) is 12. The second-order valence-electron chi connectivity index (χ2n) is 11.6. The van der Waals surface area contributed by atoms with Gasteiger partial charge in [-0.15, -0.1) is 0 Å². The minimum Gasteiger partial charge on any atom is -0.481 e. The molecular weight excluding hydrogens is 708 g/mol.